The predicted octanol–water partition coefficient (Wildman–Crippen LogP) is 4.85. The Morgan fingerprint density at radius 2 is 1.62 bits per heavy atom. The van der Waals surface area contributed by atoms with Gasteiger partial charge in [0, 0.05) is 11.1 Å². The summed E-state index contributed by atoms with van der Waals surface area (Å²) in [4.78, 5) is 17.9. The third-order valence-electron chi connectivity index (χ3n) is 4.59. The fourth-order valence-electron chi connectivity index (χ4n) is 4.05. The molecule has 2 rings (SSSR count). The van der Waals surface area contributed by atoms with E-state index in [0.717, 1.165) is 18.4 Å². The Morgan fingerprint density at radius 3 is 2.08 bits per heavy atom. The Labute approximate surface area is 145 Å². The van der Waals surface area contributed by atoms with Crippen LogP contribution in [0.1, 0.15) is 83.1 Å². The molecule has 0 saturated carbocycles. The number of rotatable bonds is 3. The number of hydroxylamine groups is 2. The molecule has 134 valence electrons. The molecule has 0 aromatic heterocycles. The van der Waals surface area contributed by atoms with E-state index < -0.39 is 5.97 Å². The van der Waals surface area contributed by atoms with Gasteiger partial charge in [0.15, 0.2) is 0 Å². The summed E-state index contributed by atoms with van der Waals surface area (Å²) in [7, 11) is 0. The first-order valence-electron chi connectivity index (χ1n) is 8.65. The van der Waals surface area contributed by atoms with Crippen molar-refractivity contribution >= 4 is 5.97 Å². The van der Waals surface area contributed by atoms with E-state index in [1.807, 2.05) is 12.1 Å². The van der Waals surface area contributed by atoms with Crippen molar-refractivity contribution in [1.29, 1.82) is 0 Å². The maximum Gasteiger partial charge on any atom is 0.335 e. The lowest BCUT2D eigenvalue weighted by molar-refractivity contribution is -0.326. The first kappa shape index (κ1) is 18.9. The summed E-state index contributed by atoms with van der Waals surface area (Å²) in [6.45, 7) is 14.9. The van der Waals surface area contributed by atoms with E-state index in [-0.39, 0.29) is 22.6 Å². The minimum Gasteiger partial charge on any atom is -0.478 e. The number of benzene rings is 1. The maximum absolute atomic E-state index is 11.6. The molecule has 0 amide bonds. The Hall–Kier alpha value is -1.39. The molecule has 1 N–H and O–H groups in total. The molecule has 0 bridgehead atoms. The van der Waals surface area contributed by atoms with Crippen molar-refractivity contribution in [1.82, 2.24) is 5.06 Å². The molecule has 1 saturated heterocycles. The molecule has 0 spiro atoms. The van der Waals surface area contributed by atoms with Crippen molar-refractivity contribution in [3.05, 3.63) is 35.4 Å². The summed E-state index contributed by atoms with van der Waals surface area (Å²) in [6, 6.07) is 7.39. The fraction of sp³-hybridized carbons (Fsp3) is 0.650. The van der Waals surface area contributed by atoms with Crippen molar-refractivity contribution in [2.45, 2.75) is 83.9 Å². The molecule has 0 unspecified atom stereocenters. The Balaban J connectivity index is 2.38. The number of carboxylic acid groups (broad SMARTS) is 1. The van der Waals surface area contributed by atoms with Crippen LogP contribution in [0.5, 0.6) is 0 Å². The number of carbonyl (C=O) groups is 1. The topological polar surface area (TPSA) is 49.8 Å². The number of hydrogen-bond acceptors (Lipinski definition) is 3. The van der Waals surface area contributed by atoms with E-state index in [4.69, 9.17) is 4.84 Å². The molecule has 0 aliphatic carbocycles. The third kappa shape index (κ3) is 3.98. The van der Waals surface area contributed by atoms with Crippen molar-refractivity contribution < 1.29 is 14.7 Å². The van der Waals surface area contributed by atoms with Gasteiger partial charge >= 0.3 is 5.97 Å². The first-order valence-corrected chi connectivity index (χ1v) is 8.65. The quantitative estimate of drug-likeness (QED) is 0.859. The monoisotopic (exact) mass is 333 g/mol. The van der Waals surface area contributed by atoms with Crippen molar-refractivity contribution in [3.8, 4) is 0 Å². The van der Waals surface area contributed by atoms with Crippen LogP contribution >= 0.6 is 0 Å². The van der Waals surface area contributed by atoms with Crippen molar-refractivity contribution in [2.24, 2.45) is 0 Å². The average Bonchev–Trinajstić information content (AvgIpc) is 2.41. The van der Waals surface area contributed by atoms with Gasteiger partial charge in [0.2, 0.25) is 0 Å². The number of carboxylic acids is 1. The van der Waals surface area contributed by atoms with Crippen LogP contribution in [0.4, 0.5) is 0 Å². The smallest absolute Gasteiger partial charge is 0.335 e. The van der Waals surface area contributed by atoms with Crippen molar-refractivity contribution in [2.75, 3.05) is 0 Å². The molecule has 1 heterocycles. The largest absolute Gasteiger partial charge is 0.478 e. The standard InChI is InChI=1S/C20H31NO3/c1-18(2,3)24-21-19(4,5)12-14(13-20(21,6)7)15-10-8-9-11-16(15)17(22)23/h8-11,14H,12-13H2,1-7H3,(H,22,23). The molecule has 24 heavy (non-hydrogen) atoms. The highest BCUT2D eigenvalue weighted by molar-refractivity contribution is 5.89. The van der Waals surface area contributed by atoms with E-state index >= 15 is 0 Å². The lowest BCUT2D eigenvalue weighted by Gasteiger charge is -2.55. The van der Waals surface area contributed by atoms with Gasteiger partial charge in [-0.05, 0) is 78.9 Å². The summed E-state index contributed by atoms with van der Waals surface area (Å²) in [5.41, 5.74) is 0.706. The van der Waals surface area contributed by atoms with Gasteiger partial charge in [-0.15, -0.1) is 0 Å². The molecule has 0 radical (unpaired) electrons. The summed E-state index contributed by atoms with van der Waals surface area (Å²) in [6.07, 6.45) is 1.72. The van der Waals surface area contributed by atoms with E-state index in [1.165, 1.54) is 0 Å². The zero-order chi connectivity index (χ0) is 18.3. The average molecular weight is 333 g/mol. The summed E-state index contributed by atoms with van der Waals surface area (Å²) < 4.78 is 0. The highest BCUT2D eigenvalue weighted by atomic mass is 16.7. The van der Waals surface area contributed by atoms with Crippen molar-refractivity contribution in [3.63, 3.8) is 0 Å². The van der Waals surface area contributed by atoms with Crippen LogP contribution in [0, 0.1) is 0 Å². The fourth-order valence-corrected chi connectivity index (χ4v) is 4.05. The number of hydrogen-bond donors (Lipinski definition) is 1. The molecule has 1 aliphatic rings. The van der Waals surface area contributed by atoms with Crippen LogP contribution in [-0.4, -0.2) is 32.8 Å². The Morgan fingerprint density at radius 1 is 1.12 bits per heavy atom. The summed E-state index contributed by atoms with van der Waals surface area (Å²) in [5.74, 6) is -0.656. The minimum atomic E-state index is -0.852. The minimum absolute atomic E-state index is 0.189. The molecule has 0 atom stereocenters. The molecule has 1 fully saturated rings. The van der Waals surface area contributed by atoms with Crippen LogP contribution in [0.2, 0.25) is 0 Å². The number of aromatic carboxylic acids is 1. The highest BCUT2D eigenvalue weighted by Gasteiger charge is 2.48. The second-order valence-corrected chi connectivity index (χ2v) is 9.12. The van der Waals surface area contributed by atoms with E-state index in [1.54, 1.807) is 12.1 Å². The highest BCUT2D eigenvalue weighted by Crippen LogP contribution is 2.47. The van der Waals surface area contributed by atoms with Gasteiger partial charge in [0.05, 0.1) is 11.2 Å². The van der Waals surface area contributed by atoms with Crippen LogP contribution in [0.3, 0.4) is 0 Å². The molecule has 1 aromatic rings. The Kier molecular flexibility index (Phi) is 4.86. The molecule has 4 nitrogen and oxygen atoms in total. The van der Waals surface area contributed by atoms with Gasteiger partial charge in [-0.1, -0.05) is 18.2 Å². The molecule has 1 aliphatic heterocycles. The van der Waals surface area contributed by atoms with Crippen LogP contribution in [0.15, 0.2) is 24.3 Å². The van der Waals surface area contributed by atoms with E-state index in [9.17, 15) is 9.90 Å². The molecular formula is C20H31NO3. The van der Waals surface area contributed by atoms with Gasteiger partial charge < -0.3 is 5.11 Å². The zero-order valence-electron chi connectivity index (χ0n) is 16.0. The molecular weight excluding hydrogens is 302 g/mol. The van der Waals surface area contributed by atoms with Gasteiger partial charge in [-0.25, -0.2) is 4.79 Å². The normalized spacial score (nSPS) is 21.6. The molecule has 1 aromatic carbocycles. The summed E-state index contributed by atoms with van der Waals surface area (Å²) >= 11 is 0. The second-order valence-electron chi connectivity index (χ2n) is 9.12. The SMILES string of the molecule is CC(C)(C)ON1C(C)(C)CC(c2ccccc2C(=O)O)CC1(C)C. The van der Waals surface area contributed by atoms with Crippen LogP contribution in [0.25, 0.3) is 0 Å². The Bertz CT molecular complexity index is 596. The van der Waals surface area contributed by atoms with E-state index in [0.29, 0.717) is 5.56 Å². The maximum atomic E-state index is 11.6. The second kappa shape index (κ2) is 6.16. The lowest BCUT2D eigenvalue weighted by atomic mass is 9.72. The van der Waals surface area contributed by atoms with Gasteiger partial charge in [-0.3, -0.25) is 4.84 Å². The predicted molar refractivity (Wildman–Crippen MR) is 96.2 cm³/mol. The third-order valence-corrected chi connectivity index (χ3v) is 4.59. The summed E-state index contributed by atoms with van der Waals surface area (Å²) in [5, 5.41) is 11.7. The molecule has 4 heteroatoms. The van der Waals surface area contributed by atoms with Gasteiger partial charge in [0.1, 0.15) is 0 Å². The van der Waals surface area contributed by atoms with Gasteiger partial charge in [0.25, 0.3) is 0 Å². The van der Waals surface area contributed by atoms with Crippen LogP contribution < -0.4 is 0 Å². The first-order chi connectivity index (χ1) is 10.8. The van der Waals surface area contributed by atoms with Crippen LogP contribution in [-0.2, 0) is 4.84 Å². The number of piperidine rings is 1. The lowest BCUT2D eigenvalue weighted by Crippen LogP contribution is -2.61. The van der Waals surface area contributed by atoms with Gasteiger partial charge in [-0.2, -0.15) is 5.06 Å². The number of nitrogens with zero attached hydrogens (tertiary/aromatic N) is 1. The zero-order valence-corrected chi connectivity index (χ0v) is 16.0. The van der Waals surface area contributed by atoms with E-state index in [2.05, 4.69) is 53.5 Å².